The summed E-state index contributed by atoms with van der Waals surface area (Å²) in [6.45, 7) is 0.613. The molecular formula is C16H20N2O2S. The standard InChI is InChI=1S/C16H20N2O2S/c17-14(21)16(8-3-4-9-16)15(19)18-12-7-10-20-13-6-2-1-5-11(12)13/h1-2,5-6,12H,3-4,7-10H2,(H2,17,21)(H,18,19). The SMILES string of the molecule is NC(=S)C1(C(=O)NC2CCOc3ccccc32)CCCC1. The van der Waals surface area contributed by atoms with Gasteiger partial charge in [0.05, 0.1) is 23.1 Å². The summed E-state index contributed by atoms with van der Waals surface area (Å²) in [6, 6.07) is 7.82. The van der Waals surface area contributed by atoms with E-state index in [1.165, 1.54) is 0 Å². The Morgan fingerprint density at radius 3 is 2.76 bits per heavy atom. The quantitative estimate of drug-likeness (QED) is 0.842. The van der Waals surface area contributed by atoms with Crippen LogP contribution < -0.4 is 15.8 Å². The molecule has 1 unspecified atom stereocenters. The van der Waals surface area contributed by atoms with Crippen molar-refractivity contribution in [2.75, 3.05) is 6.61 Å². The Kier molecular flexibility index (Phi) is 3.85. The maximum atomic E-state index is 12.8. The van der Waals surface area contributed by atoms with Crippen molar-refractivity contribution in [2.45, 2.75) is 38.1 Å². The number of carbonyl (C=O) groups excluding carboxylic acids is 1. The summed E-state index contributed by atoms with van der Waals surface area (Å²) in [5.74, 6) is 0.832. The molecule has 112 valence electrons. The van der Waals surface area contributed by atoms with Crippen molar-refractivity contribution in [2.24, 2.45) is 11.1 Å². The number of thiocarbonyl (C=S) groups is 1. The Balaban J connectivity index is 1.81. The van der Waals surface area contributed by atoms with E-state index in [0.717, 1.165) is 43.4 Å². The molecule has 0 radical (unpaired) electrons. The number of ether oxygens (including phenoxy) is 1. The van der Waals surface area contributed by atoms with Gasteiger partial charge in [-0.25, -0.2) is 0 Å². The summed E-state index contributed by atoms with van der Waals surface area (Å²) in [4.78, 5) is 13.1. The highest BCUT2D eigenvalue weighted by molar-refractivity contribution is 7.80. The highest BCUT2D eigenvalue weighted by atomic mass is 32.1. The number of para-hydroxylation sites is 1. The first-order chi connectivity index (χ1) is 10.1. The fraction of sp³-hybridized carbons (Fsp3) is 0.500. The van der Waals surface area contributed by atoms with Crippen molar-refractivity contribution in [1.29, 1.82) is 0 Å². The monoisotopic (exact) mass is 304 g/mol. The first-order valence-corrected chi connectivity index (χ1v) is 7.87. The minimum absolute atomic E-state index is 0.0192. The third-order valence-electron chi connectivity index (χ3n) is 4.63. The van der Waals surface area contributed by atoms with Crippen LogP contribution in [0.2, 0.25) is 0 Å². The highest BCUT2D eigenvalue weighted by Gasteiger charge is 2.44. The van der Waals surface area contributed by atoms with Gasteiger partial charge in [0.15, 0.2) is 0 Å². The van der Waals surface area contributed by atoms with E-state index in [4.69, 9.17) is 22.7 Å². The predicted molar refractivity (Wildman–Crippen MR) is 85.1 cm³/mol. The third kappa shape index (κ3) is 2.50. The number of benzene rings is 1. The average molecular weight is 304 g/mol. The van der Waals surface area contributed by atoms with Gasteiger partial charge in [-0.1, -0.05) is 43.3 Å². The molecule has 0 saturated heterocycles. The molecule has 21 heavy (non-hydrogen) atoms. The second kappa shape index (κ2) is 5.64. The van der Waals surface area contributed by atoms with Crippen LogP contribution >= 0.6 is 12.2 Å². The second-order valence-corrected chi connectivity index (χ2v) is 6.29. The molecule has 1 atom stereocenters. The van der Waals surface area contributed by atoms with Crippen molar-refractivity contribution < 1.29 is 9.53 Å². The van der Waals surface area contributed by atoms with E-state index >= 15 is 0 Å². The highest BCUT2D eigenvalue weighted by Crippen LogP contribution is 2.40. The summed E-state index contributed by atoms with van der Waals surface area (Å²) in [5.41, 5.74) is 6.26. The van der Waals surface area contributed by atoms with Gasteiger partial charge in [-0.15, -0.1) is 0 Å². The van der Waals surface area contributed by atoms with Crippen LogP contribution in [-0.2, 0) is 4.79 Å². The zero-order valence-corrected chi connectivity index (χ0v) is 12.7. The Labute approximate surface area is 130 Å². The van der Waals surface area contributed by atoms with Crippen molar-refractivity contribution >= 4 is 23.1 Å². The molecule has 3 rings (SSSR count). The Morgan fingerprint density at radius 1 is 1.33 bits per heavy atom. The van der Waals surface area contributed by atoms with Crippen LogP contribution in [-0.4, -0.2) is 17.5 Å². The van der Waals surface area contributed by atoms with E-state index in [0.29, 0.717) is 11.6 Å². The van der Waals surface area contributed by atoms with Crippen LogP contribution in [0.3, 0.4) is 0 Å². The lowest BCUT2D eigenvalue weighted by Crippen LogP contribution is -2.48. The van der Waals surface area contributed by atoms with E-state index < -0.39 is 5.41 Å². The smallest absolute Gasteiger partial charge is 0.233 e. The number of nitrogens with two attached hydrogens (primary N) is 1. The van der Waals surface area contributed by atoms with Crippen LogP contribution in [0.25, 0.3) is 0 Å². The van der Waals surface area contributed by atoms with E-state index in [9.17, 15) is 4.79 Å². The van der Waals surface area contributed by atoms with Crippen LogP contribution in [0.15, 0.2) is 24.3 Å². The predicted octanol–water partition coefficient (Wildman–Crippen LogP) is 2.47. The Bertz CT molecular complexity index is 567. The number of fused-ring (bicyclic) bond motifs is 1. The normalized spacial score (nSPS) is 23.0. The van der Waals surface area contributed by atoms with Crippen LogP contribution in [0.5, 0.6) is 5.75 Å². The van der Waals surface area contributed by atoms with Gasteiger partial charge in [0, 0.05) is 12.0 Å². The number of carbonyl (C=O) groups is 1. The summed E-state index contributed by atoms with van der Waals surface area (Å²) in [7, 11) is 0. The lowest BCUT2D eigenvalue weighted by molar-refractivity contribution is -0.128. The number of rotatable bonds is 3. The number of nitrogens with one attached hydrogen (secondary N) is 1. The minimum atomic E-state index is -0.650. The molecule has 1 saturated carbocycles. The van der Waals surface area contributed by atoms with Crippen LogP contribution in [0.4, 0.5) is 0 Å². The Hall–Kier alpha value is -1.62. The molecule has 1 heterocycles. The lowest BCUT2D eigenvalue weighted by atomic mass is 9.84. The van der Waals surface area contributed by atoms with Crippen molar-refractivity contribution in [3.05, 3.63) is 29.8 Å². The molecule has 0 aromatic heterocycles. The molecule has 2 aliphatic rings. The molecule has 5 heteroatoms. The van der Waals surface area contributed by atoms with Crippen LogP contribution in [0, 0.1) is 5.41 Å². The summed E-state index contributed by atoms with van der Waals surface area (Å²) in [5, 5.41) is 3.15. The zero-order chi connectivity index (χ0) is 14.9. The largest absolute Gasteiger partial charge is 0.493 e. The van der Waals surface area contributed by atoms with E-state index in [2.05, 4.69) is 5.32 Å². The van der Waals surface area contributed by atoms with Crippen molar-refractivity contribution in [1.82, 2.24) is 5.32 Å². The van der Waals surface area contributed by atoms with Crippen molar-refractivity contribution in [3.63, 3.8) is 0 Å². The molecule has 4 nitrogen and oxygen atoms in total. The summed E-state index contributed by atoms with van der Waals surface area (Å²) < 4.78 is 5.63. The van der Waals surface area contributed by atoms with Gasteiger partial charge >= 0.3 is 0 Å². The molecule has 1 aromatic rings. The molecule has 1 aliphatic heterocycles. The first-order valence-electron chi connectivity index (χ1n) is 7.46. The molecule has 3 N–H and O–H groups in total. The molecule has 1 amide bonds. The van der Waals surface area contributed by atoms with E-state index in [1.807, 2.05) is 24.3 Å². The maximum Gasteiger partial charge on any atom is 0.233 e. The van der Waals surface area contributed by atoms with Gasteiger partial charge < -0.3 is 15.8 Å². The van der Waals surface area contributed by atoms with Gasteiger partial charge in [0.25, 0.3) is 0 Å². The minimum Gasteiger partial charge on any atom is -0.493 e. The van der Waals surface area contributed by atoms with Gasteiger partial charge in [-0.2, -0.15) is 0 Å². The zero-order valence-electron chi connectivity index (χ0n) is 11.9. The van der Waals surface area contributed by atoms with Gasteiger partial charge in [-0.3, -0.25) is 4.79 Å². The fourth-order valence-corrected chi connectivity index (χ4v) is 3.65. The first kappa shape index (κ1) is 14.3. The lowest BCUT2D eigenvalue weighted by Gasteiger charge is -2.32. The molecule has 1 aliphatic carbocycles. The molecule has 1 fully saturated rings. The summed E-state index contributed by atoms with van der Waals surface area (Å²) >= 11 is 5.18. The van der Waals surface area contributed by atoms with Crippen LogP contribution in [0.1, 0.15) is 43.7 Å². The van der Waals surface area contributed by atoms with Gasteiger partial charge in [0.1, 0.15) is 5.75 Å². The molecular weight excluding hydrogens is 284 g/mol. The molecule has 0 spiro atoms. The second-order valence-electron chi connectivity index (χ2n) is 5.85. The topological polar surface area (TPSA) is 64.4 Å². The average Bonchev–Trinajstić information content (AvgIpc) is 2.98. The number of hydrogen-bond donors (Lipinski definition) is 2. The van der Waals surface area contributed by atoms with Gasteiger partial charge in [-0.05, 0) is 18.9 Å². The van der Waals surface area contributed by atoms with E-state index in [-0.39, 0.29) is 11.9 Å². The molecule has 1 aromatic carbocycles. The molecule has 0 bridgehead atoms. The van der Waals surface area contributed by atoms with E-state index in [1.54, 1.807) is 0 Å². The van der Waals surface area contributed by atoms with Crippen molar-refractivity contribution in [3.8, 4) is 5.75 Å². The number of hydrogen-bond acceptors (Lipinski definition) is 3. The summed E-state index contributed by atoms with van der Waals surface area (Å²) in [6.07, 6.45) is 4.32. The maximum absolute atomic E-state index is 12.8. The third-order valence-corrected chi connectivity index (χ3v) is 5.02. The Morgan fingerprint density at radius 2 is 2.05 bits per heavy atom. The fourth-order valence-electron chi connectivity index (χ4n) is 3.35. The number of amides is 1. The van der Waals surface area contributed by atoms with Gasteiger partial charge in [0.2, 0.25) is 5.91 Å².